The summed E-state index contributed by atoms with van der Waals surface area (Å²) in [5.41, 5.74) is 3.69. The van der Waals surface area contributed by atoms with Gasteiger partial charge in [-0.1, -0.05) is 24.3 Å². The number of aromatic nitrogens is 1. The van der Waals surface area contributed by atoms with Gasteiger partial charge >= 0.3 is 0 Å². The standard InChI is InChI=1S/C17H15FN2/c1-12-10-15(7-8-16(12)18)20-11-14-5-2-4-13-6-3-9-19-17(13)14/h2-10,20H,11H2,1H3. The maximum Gasteiger partial charge on any atom is 0.126 e. The molecule has 0 aliphatic heterocycles. The second-order valence-electron chi connectivity index (χ2n) is 4.81. The number of hydrogen-bond donors (Lipinski definition) is 1. The second kappa shape index (κ2) is 5.29. The van der Waals surface area contributed by atoms with Crippen LogP contribution in [0.4, 0.5) is 10.1 Å². The van der Waals surface area contributed by atoms with Crippen molar-refractivity contribution < 1.29 is 4.39 Å². The SMILES string of the molecule is Cc1cc(NCc2cccc3cccnc23)ccc1F. The number of benzene rings is 2. The van der Waals surface area contributed by atoms with E-state index in [1.807, 2.05) is 30.3 Å². The van der Waals surface area contributed by atoms with E-state index in [1.165, 1.54) is 6.07 Å². The third-order valence-corrected chi connectivity index (χ3v) is 3.36. The summed E-state index contributed by atoms with van der Waals surface area (Å²) >= 11 is 0. The second-order valence-corrected chi connectivity index (χ2v) is 4.81. The largest absolute Gasteiger partial charge is 0.381 e. The van der Waals surface area contributed by atoms with Crippen LogP contribution in [-0.2, 0) is 6.54 Å². The monoisotopic (exact) mass is 266 g/mol. The van der Waals surface area contributed by atoms with Crippen molar-refractivity contribution in [3.05, 3.63) is 71.7 Å². The third-order valence-electron chi connectivity index (χ3n) is 3.36. The van der Waals surface area contributed by atoms with E-state index in [9.17, 15) is 4.39 Å². The molecule has 0 spiro atoms. The fourth-order valence-corrected chi connectivity index (χ4v) is 2.26. The summed E-state index contributed by atoms with van der Waals surface area (Å²) in [7, 11) is 0. The maximum absolute atomic E-state index is 13.2. The predicted molar refractivity (Wildman–Crippen MR) is 80.2 cm³/mol. The van der Waals surface area contributed by atoms with Crippen LogP contribution in [0.25, 0.3) is 10.9 Å². The minimum absolute atomic E-state index is 0.178. The predicted octanol–water partition coefficient (Wildman–Crippen LogP) is 4.29. The number of para-hydroxylation sites is 1. The Labute approximate surface area is 117 Å². The number of anilines is 1. The summed E-state index contributed by atoms with van der Waals surface area (Å²) in [6.45, 7) is 2.43. The molecule has 0 atom stereocenters. The summed E-state index contributed by atoms with van der Waals surface area (Å²) in [6.07, 6.45) is 1.80. The summed E-state index contributed by atoms with van der Waals surface area (Å²) in [5.74, 6) is -0.178. The van der Waals surface area contributed by atoms with Crippen LogP contribution in [0.3, 0.4) is 0 Å². The van der Waals surface area contributed by atoms with Gasteiger partial charge in [-0.3, -0.25) is 4.98 Å². The van der Waals surface area contributed by atoms with Crippen molar-refractivity contribution >= 4 is 16.6 Å². The summed E-state index contributed by atoms with van der Waals surface area (Å²) in [5, 5.41) is 4.44. The van der Waals surface area contributed by atoms with Crippen molar-refractivity contribution in [3.63, 3.8) is 0 Å². The first-order chi connectivity index (χ1) is 9.74. The van der Waals surface area contributed by atoms with E-state index in [1.54, 1.807) is 19.2 Å². The molecule has 3 heteroatoms. The molecular weight excluding hydrogens is 251 g/mol. The lowest BCUT2D eigenvalue weighted by Gasteiger charge is -2.09. The van der Waals surface area contributed by atoms with Gasteiger partial charge in [0.15, 0.2) is 0 Å². The van der Waals surface area contributed by atoms with Gasteiger partial charge in [0.2, 0.25) is 0 Å². The molecule has 0 saturated heterocycles. The van der Waals surface area contributed by atoms with Gasteiger partial charge in [0.25, 0.3) is 0 Å². The molecule has 0 radical (unpaired) electrons. The summed E-state index contributed by atoms with van der Waals surface area (Å²) in [6, 6.07) is 15.2. The van der Waals surface area contributed by atoms with Gasteiger partial charge in [-0.2, -0.15) is 0 Å². The van der Waals surface area contributed by atoms with Gasteiger partial charge in [0.1, 0.15) is 5.82 Å². The van der Waals surface area contributed by atoms with Crippen molar-refractivity contribution in [1.29, 1.82) is 0 Å². The van der Waals surface area contributed by atoms with E-state index in [2.05, 4.69) is 16.4 Å². The Morgan fingerprint density at radius 1 is 1.10 bits per heavy atom. The molecule has 2 aromatic carbocycles. The fourth-order valence-electron chi connectivity index (χ4n) is 2.26. The first-order valence-corrected chi connectivity index (χ1v) is 6.57. The lowest BCUT2D eigenvalue weighted by molar-refractivity contribution is 0.618. The summed E-state index contributed by atoms with van der Waals surface area (Å²) in [4.78, 5) is 4.43. The Kier molecular flexibility index (Phi) is 3.33. The van der Waals surface area contributed by atoms with E-state index in [-0.39, 0.29) is 5.82 Å². The quantitative estimate of drug-likeness (QED) is 0.764. The number of nitrogens with one attached hydrogen (secondary N) is 1. The number of pyridine rings is 1. The molecule has 20 heavy (non-hydrogen) atoms. The minimum atomic E-state index is -0.178. The highest BCUT2D eigenvalue weighted by Gasteiger charge is 2.03. The van der Waals surface area contributed by atoms with Crippen LogP contribution >= 0.6 is 0 Å². The molecule has 0 fully saturated rings. The average molecular weight is 266 g/mol. The minimum Gasteiger partial charge on any atom is -0.381 e. The van der Waals surface area contributed by atoms with Crippen molar-refractivity contribution in [2.24, 2.45) is 0 Å². The van der Waals surface area contributed by atoms with Crippen molar-refractivity contribution in [3.8, 4) is 0 Å². The van der Waals surface area contributed by atoms with Crippen LogP contribution < -0.4 is 5.32 Å². The van der Waals surface area contributed by atoms with E-state index in [0.717, 1.165) is 22.2 Å². The van der Waals surface area contributed by atoms with E-state index < -0.39 is 0 Å². The lowest BCUT2D eigenvalue weighted by Crippen LogP contribution is -2.01. The molecule has 2 nitrogen and oxygen atoms in total. The molecule has 1 aromatic heterocycles. The van der Waals surface area contributed by atoms with E-state index >= 15 is 0 Å². The number of rotatable bonds is 3. The Morgan fingerprint density at radius 3 is 2.80 bits per heavy atom. The van der Waals surface area contributed by atoms with Crippen LogP contribution in [0.5, 0.6) is 0 Å². The Bertz CT molecular complexity index is 748. The number of nitrogens with zero attached hydrogens (tertiary/aromatic N) is 1. The molecule has 0 aliphatic rings. The molecule has 3 rings (SSSR count). The highest BCUT2D eigenvalue weighted by molar-refractivity contribution is 5.81. The van der Waals surface area contributed by atoms with Crippen LogP contribution in [0.1, 0.15) is 11.1 Å². The Morgan fingerprint density at radius 2 is 1.95 bits per heavy atom. The molecule has 0 aliphatic carbocycles. The smallest absolute Gasteiger partial charge is 0.126 e. The zero-order chi connectivity index (χ0) is 13.9. The van der Waals surface area contributed by atoms with Gasteiger partial charge in [-0.15, -0.1) is 0 Å². The zero-order valence-corrected chi connectivity index (χ0v) is 11.2. The topological polar surface area (TPSA) is 24.9 Å². The average Bonchev–Trinajstić information content (AvgIpc) is 2.48. The van der Waals surface area contributed by atoms with Crippen molar-refractivity contribution in [1.82, 2.24) is 4.98 Å². The molecular formula is C17H15FN2. The first kappa shape index (κ1) is 12.6. The number of halogens is 1. The zero-order valence-electron chi connectivity index (χ0n) is 11.2. The molecule has 1 N–H and O–H groups in total. The molecule has 0 amide bonds. The van der Waals surface area contributed by atoms with Gasteiger partial charge in [-0.05, 0) is 42.3 Å². The maximum atomic E-state index is 13.2. The molecule has 3 aromatic rings. The number of hydrogen-bond acceptors (Lipinski definition) is 2. The molecule has 0 unspecified atom stereocenters. The highest BCUT2D eigenvalue weighted by Crippen LogP contribution is 2.19. The molecule has 0 bridgehead atoms. The third kappa shape index (κ3) is 2.48. The highest BCUT2D eigenvalue weighted by atomic mass is 19.1. The van der Waals surface area contributed by atoms with Crippen LogP contribution in [-0.4, -0.2) is 4.98 Å². The van der Waals surface area contributed by atoms with Crippen LogP contribution in [0.2, 0.25) is 0 Å². The van der Waals surface area contributed by atoms with Gasteiger partial charge in [-0.25, -0.2) is 4.39 Å². The number of aryl methyl sites for hydroxylation is 1. The van der Waals surface area contributed by atoms with Crippen molar-refractivity contribution in [2.75, 3.05) is 5.32 Å². The van der Waals surface area contributed by atoms with Gasteiger partial charge in [0.05, 0.1) is 5.52 Å². The van der Waals surface area contributed by atoms with Gasteiger partial charge in [0, 0.05) is 23.8 Å². The molecule has 0 saturated carbocycles. The fraction of sp³-hybridized carbons (Fsp3) is 0.118. The van der Waals surface area contributed by atoms with Crippen LogP contribution in [0.15, 0.2) is 54.7 Å². The lowest BCUT2D eigenvalue weighted by atomic mass is 10.1. The van der Waals surface area contributed by atoms with Crippen molar-refractivity contribution in [2.45, 2.75) is 13.5 Å². The van der Waals surface area contributed by atoms with E-state index in [0.29, 0.717) is 12.1 Å². The van der Waals surface area contributed by atoms with E-state index in [4.69, 9.17) is 0 Å². The first-order valence-electron chi connectivity index (χ1n) is 6.57. The Balaban J connectivity index is 1.85. The molecule has 1 heterocycles. The van der Waals surface area contributed by atoms with Crippen LogP contribution in [0, 0.1) is 12.7 Å². The molecule has 100 valence electrons. The Hall–Kier alpha value is -2.42. The summed E-state index contributed by atoms with van der Waals surface area (Å²) < 4.78 is 13.2. The normalized spacial score (nSPS) is 10.7. The number of fused-ring (bicyclic) bond motifs is 1. The van der Waals surface area contributed by atoms with Gasteiger partial charge < -0.3 is 5.32 Å².